The molecule has 0 saturated heterocycles. The summed E-state index contributed by atoms with van der Waals surface area (Å²) in [5.41, 5.74) is 1.17. The molecule has 1 heterocycles. The molecule has 0 aliphatic heterocycles. The first kappa shape index (κ1) is 16.7. The second-order valence-corrected chi connectivity index (χ2v) is 4.65. The quantitative estimate of drug-likeness (QED) is 0.520. The molecule has 1 N–H and O–H groups in total. The second-order valence-electron chi connectivity index (χ2n) is 4.24. The van der Waals surface area contributed by atoms with Crippen LogP contribution in [0.1, 0.15) is 17.9 Å². The number of imidazole rings is 1. The van der Waals surface area contributed by atoms with Gasteiger partial charge >= 0.3 is 0 Å². The number of benzene rings is 1. The summed E-state index contributed by atoms with van der Waals surface area (Å²) in [7, 11) is 0. The minimum absolute atomic E-state index is 0.343. The molecule has 1 atom stereocenters. The Bertz CT molecular complexity index is 569. The Balaban J connectivity index is 0.000000491. The molecule has 2 aromatic rings. The van der Waals surface area contributed by atoms with Crippen LogP contribution in [-0.4, -0.2) is 19.8 Å². The number of hydrogen-bond acceptors (Lipinski definition) is 3. The molecule has 0 amide bonds. The molecule has 0 saturated carbocycles. The standard InChI is InChI=1S/C14H15ClN2.HNO3/c1-2-5-12(10-17-9-8-16-11-17)13-6-3-4-7-14(13)15;2-1(3)4/h2-4,6-9,11-12H,1,5,10H2;(H,2,3,4). The lowest BCUT2D eigenvalue weighted by atomic mass is 9.95. The summed E-state index contributed by atoms with van der Waals surface area (Å²) in [6.45, 7) is 4.69. The van der Waals surface area contributed by atoms with Gasteiger partial charge in [0.05, 0.1) is 6.33 Å². The van der Waals surface area contributed by atoms with Crippen molar-refractivity contribution in [1.82, 2.24) is 9.55 Å². The molecule has 0 bridgehead atoms. The number of nitrogens with zero attached hydrogens (tertiary/aromatic N) is 3. The van der Waals surface area contributed by atoms with Crippen molar-refractivity contribution in [1.29, 1.82) is 0 Å². The predicted molar refractivity (Wildman–Crippen MR) is 80.0 cm³/mol. The summed E-state index contributed by atoms with van der Waals surface area (Å²) in [6.07, 6.45) is 8.42. The van der Waals surface area contributed by atoms with Crippen molar-refractivity contribution in [3.63, 3.8) is 0 Å². The van der Waals surface area contributed by atoms with Gasteiger partial charge in [-0.25, -0.2) is 4.98 Å². The summed E-state index contributed by atoms with van der Waals surface area (Å²) in [4.78, 5) is 12.4. The molecule has 0 fully saturated rings. The van der Waals surface area contributed by atoms with E-state index in [1.807, 2.05) is 36.8 Å². The highest BCUT2D eigenvalue weighted by molar-refractivity contribution is 6.31. The Morgan fingerprint density at radius 3 is 2.71 bits per heavy atom. The van der Waals surface area contributed by atoms with Crippen molar-refractivity contribution < 1.29 is 10.3 Å². The van der Waals surface area contributed by atoms with Crippen molar-refractivity contribution in [2.24, 2.45) is 0 Å². The summed E-state index contributed by atoms with van der Waals surface area (Å²) in [5, 5.41) is 14.5. The van der Waals surface area contributed by atoms with Gasteiger partial charge in [0.15, 0.2) is 0 Å². The van der Waals surface area contributed by atoms with Crippen LogP contribution in [0, 0.1) is 10.1 Å². The summed E-state index contributed by atoms with van der Waals surface area (Å²) < 4.78 is 2.07. The molecule has 1 aromatic heterocycles. The molecule has 1 aromatic carbocycles. The highest BCUT2D eigenvalue weighted by Gasteiger charge is 2.13. The average molecular weight is 310 g/mol. The Kier molecular flexibility index (Phi) is 6.97. The Morgan fingerprint density at radius 2 is 2.19 bits per heavy atom. The van der Waals surface area contributed by atoms with Gasteiger partial charge in [-0.05, 0) is 18.1 Å². The molecule has 1 unspecified atom stereocenters. The number of rotatable bonds is 5. The Labute approximate surface area is 127 Å². The fourth-order valence-electron chi connectivity index (χ4n) is 1.96. The van der Waals surface area contributed by atoms with Crippen molar-refractivity contribution >= 4 is 11.6 Å². The Morgan fingerprint density at radius 1 is 1.52 bits per heavy atom. The van der Waals surface area contributed by atoms with E-state index in [0.717, 1.165) is 18.0 Å². The molecule has 2 rings (SSSR count). The van der Waals surface area contributed by atoms with Crippen molar-refractivity contribution in [2.45, 2.75) is 18.9 Å². The molecule has 0 radical (unpaired) electrons. The molecule has 0 aliphatic carbocycles. The van der Waals surface area contributed by atoms with E-state index in [0.29, 0.717) is 5.92 Å². The van der Waals surface area contributed by atoms with E-state index in [1.54, 1.807) is 6.20 Å². The van der Waals surface area contributed by atoms with Gasteiger partial charge in [0.25, 0.3) is 5.09 Å². The van der Waals surface area contributed by atoms with Gasteiger partial charge in [0, 0.05) is 29.9 Å². The maximum atomic E-state index is 8.36. The number of halogens is 1. The average Bonchev–Trinajstić information content (AvgIpc) is 2.91. The molecule has 0 aliphatic rings. The fourth-order valence-corrected chi connectivity index (χ4v) is 2.25. The van der Waals surface area contributed by atoms with Crippen LogP contribution in [0.5, 0.6) is 0 Å². The second kappa shape index (κ2) is 8.76. The normalized spacial score (nSPS) is 11.1. The highest BCUT2D eigenvalue weighted by Crippen LogP contribution is 2.28. The first-order chi connectivity index (χ1) is 10.0. The van der Waals surface area contributed by atoms with Gasteiger partial charge in [-0.1, -0.05) is 35.9 Å². The minimum atomic E-state index is -1.50. The highest BCUT2D eigenvalue weighted by atomic mass is 35.5. The van der Waals surface area contributed by atoms with E-state index >= 15 is 0 Å². The van der Waals surface area contributed by atoms with Crippen molar-refractivity contribution in [3.05, 3.63) is 76.3 Å². The molecule has 112 valence electrons. The van der Waals surface area contributed by atoms with Crippen LogP contribution in [0.3, 0.4) is 0 Å². The third-order valence-electron chi connectivity index (χ3n) is 2.79. The molecule has 21 heavy (non-hydrogen) atoms. The van der Waals surface area contributed by atoms with Gasteiger partial charge in [-0.3, -0.25) is 0 Å². The zero-order valence-electron chi connectivity index (χ0n) is 11.3. The van der Waals surface area contributed by atoms with Crippen LogP contribution in [0.25, 0.3) is 0 Å². The predicted octanol–water partition coefficient (Wildman–Crippen LogP) is 3.55. The first-order valence-electron chi connectivity index (χ1n) is 6.19. The fraction of sp³-hybridized carbons (Fsp3) is 0.214. The molecule has 0 spiro atoms. The maximum absolute atomic E-state index is 8.36. The smallest absolute Gasteiger partial charge is 0.291 e. The van der Waals surface area contributed by atoms with Gasteiger partial charge in [-0.15, -0.1) is 16.7 Å². The van der Waals surface area contributed by atoms with Crippen LogP contribution >= 0.6 is 11.6 Å². The lowest BCUT2D eigenvalue weighted by Crippen LogP contribution is -2.07. The van der Waals surface area contributed by atoms with Crippen LogP contribution in [-0.2, 0) is 6.54 Å². The summed E-state index contributed by atoms with van der Waals surface area (Å²) >= 11 is 6.24. The maximum Gasteiger partial charge on any atom is 0.291 e. The molecular formula is C14H16ClN3O3. The zero-order valence-corrected chi connectivity index (χ0v) is 12.1. The van der Waals surface area contributed by atoms with Crippen LogP contribution < -0.4 is 0 Å². The van der Waals surface area contributed by atoms with Gasteiger partial charge < -0.3 is 9.77 Å². The van der Waals surface area contributed by atoms with E-state index in [4.69, 9.17) is 26.9 Å². The van der Waals surface area contributed by atoms with Crippen molar-refractivity contribution in [3.8, 4) is 0 Å². The van der Waals surface area contributed by atoms with Crippen LogP contribution in [0.2, 0.25) is 5.02 Å². The van der Waals surface area contributed by atoms with E-state index in [9.17, 15) is 0 Å². The molecule has 6 nitrogen and oxygen atoms in total. The van der Waals surface area contributed by atoms with Gasteiger partial charge in [0.2, 0.25) is 0 Å². The minimum Gasteiger partial charge on any atom is -0.337 e. The van der Waals surface area contributed by atoms with Crippen LogP contribution in [0.4, 0.5) is 0 Å². The summed E-state index contributed by atoms with van der Waals surface area (Å²) in [5.74, 6) is 0.343. The number of aromatic nitrogens is 2. The van der Waals surface area contributed by atoms with Crippen LogP contribution in [0.15, 0.2) is 55.6 Å². The van der Waals surface area contributed by atoms with E-state index in [1.165, 1.54) is 5.56 Å². The lowest BCUT2D eigenvalue weighted by molar-refractivity contribution is -0.742. The van der Waals surface area contributed by atoms with Gasteiger partial charge in [0.1, 0.15) is 0 Å². The Hall–Kier alpha value is -2.34. The molecule has 7 heteroatoms. The third-order valence-corrected chi connectivity index (χ3v) is 3.13. The number of allylic oxidation sites excluding steroid dienone is 1. The molecular weight excluding hydrogens is 294 g/mol. The van der Waals surface area contributed by atoms with E-state index in [2.05, 4.69) is 22.2 Å². The number of hydrogen-bond donors (Lipinski definition) is 1. The van der Waals surface area contributed by atoms with Gasteiger partial charge in [-0.2, -0.15) is 0 Å². The lowest BCUT2D eigenvalue weighted by Gasteiger charge is -2.17. The first-order valence-corrected chi connectivity index (χ1v) is 6.56. The van der Waals surface area contributed by atoms with Crippen molar-refractivity contribution in [2.75, 3.05) is 0 Å². The summed E-state index contributed by atoms with van der Waals surface area (Å²) in [6, 6.07) is 7.98. The topological polar surface area (TPSA) is 81.2 Å². The zero-order chi connectivity index (χ0) is 15.7. The van der Waals surface area contributed by atoms with E-state index in [-0.39, 0.29) is 0 Å². The monoisotopic (exact) mass is 309 g/mol. The third kappa shape index (κ3) is 6.09. The van der Waals surface area contributed by atoms with E-state index < -0.39 is 5.09 Å². The largest absolute Gasteiger partial charge is 0.337 e. The SMILES string of the molecule is C=CCC(Cn1ccnc1)c1ccccc1Cl.O=[N+]([O-])O.